The average Bonchev–Trinajstić information content (AvgIpc) is 3.01. The number of benzene rings is 1. The molecule has 124 valence electrons. The van der Waals surface area contributed by atoms with Crippen LogP contribution in [0, 0.1) is 0 Å². The number of nitrogens with zero attached hydrogens (tertiary/aromatic N) is 1. The lowest BCUT2D eigenvalue weighted by Gasteiger charge is -2.09. The van der Waals surface area contributed by atoms with Crippen LogP contribution in [0.15, 0.2) is 57.9 Å². The minimum absolute atomic E-state index is 0.0817. The summed E-state index contributed by atoms with van der Waals surface area (Å²) in [6.07, 6.45) is 1.06. The maximum Gasteiger partial charge on any atom is 0.263 e. The van der Waals surface area contributed by atoms with Crippen LogP contribution in [0.4, 0.5) is 0 Å². The SMILES string of the molecule is Cn1cccc(C(=O)NCC[C@H](O)c2cc3ccccc3o2)c1=O. The number of aromatic nitrogens is 1. The van der Waals surface area contributed by atoms with E-state index in [1.165, 1.54) is 10.6 Å². The number of aliphatic hydroxyl groups is 1. The summed E-state index contributed by atoms with van der Waals surface area (Å²) in [7, 11) is 1.59. The Morgan fingerprint density at radius 2 is 2.08 bits per heavy atom. The third-order valence-corrected chi connectivity index (χ3v) is 3.84. The van der Waals surface area contributed by atoms with E-state index in [2.05, 4.69) is 5.32 Å². The van der Waals surface area contributed by atoms with E-state index < -0.39 is 12.0 Å². The highest BCUT2D eigenvalue weighted by atomic mass is 16.4. The minimum Gasteiger partial charge on any atom is -0.458 e. The number of carbonyl (C=O) groups is 1. The van der Waals surface area contributed by atoms with Crippen molar-refractivity contribution < 1.29 is 14.3 Å². The number of furan rings is 1. The van der Waals surface area contributed by atoms with E-state index >= 15 is 0 Å². The second kappa shape index (κ2) is 6.72. The van der Waals surface area contributed by atoms with Crippen molar-refractivity contribution in [3.05, 3.63) is 70.3 Å². The van der Waals surface area contributed by atoms with Crippen LogP contribution in [-0.2, 0) is 7.05 Å². The van der Waals surface area contributed by atoms with Crippen LogP contribution in [0.5, 0.6) is 0 Å². The van der Waals surface area contributed by atoms with Gasteiger partial charge in [0.05, 0.1) is 0 Å². The van der Waals surface area contributed by atoms with Crippen LogP contribution in [0.2, 0.25) is 0 Å². The Kier molecular flexibility index (Phi) is 4.48. The second-order valence-corrected chi connectivity index (χ2v) is 5.58. The third kappa shape index (κ3) is 3.23. The maximum absolute atomic E-state index is 12.0. The fourth-order valence-corrected chi connectivity index (χ4v) is 2.50. The number of nitrogens with one attached hydrogen (secondary N) is 1. The number of aliphatic hydroxyl groups excluding tert-OH is 1. The predicted octanol–water partition coefficient (Wildman–Crippen LogP) is 1.98. The molecule has 0 aliphatic heterocycles. The first-order chi connectivity index (χ1) is 11.6. The van der Waals surface area contributed by atoms with Crippen molar-refractivity contribution in [2.24, 2.45) is 7.05 Å². The second-order valence-electron chi connectivity index (χ2n) is 5.58. The highest BCUT2D eigenvalue weighted by molar-refractivity contribution is 5.93. The number of hydrogen-bond acceptors (Lipinski definition) is 4. The third-order valence-electron chi connectivity index (χ3n) is 3.84. The fourth-order valence-electron chi connectivity index (χ4n) is 2.50. The number of aryl methyl sites for hydroxylation is 1. The van der Waals surface area contributed by atoms with Gasteiger partial charge < -0.3 is 19.4 Å². The minimum atomic E-state index is -0.823. The van der Waals surface area contributed by atoms with Crippen molar-refractivity contribution in [2.75, 3.05) is 6.54 Å². The lowest BCUT2D eigenvalue weighted by atomic mass is 10.1. The summed E-state index contributed by atoms with van der Waals surface area (Å²) in [5.41, 5.74) is 0.439. The van der Waals surface area contributed by atoms with Crippen molar-refractivity contribution >= 4 is 16.9 Å². The van der Waals surface area contributed by atoms with Crippen LogP contribution in [0.1, 0.15) is 28.6 Å². The zero-order valence-corrected chi connectivity index (χ0v) is 13.2. The molecule has 24 heavy (non-hydrogen) atoms. The van der Waals surface area contributed by atoms with E-state index in [0.29, 0.717) is 17.8 Å². The molecule has 1 atom stereocenters. The Morgan fingerprint density at radius 1 is 1.29 bits per heavy atom. The number of rotatable bonds is 5. The molecule has 0 saturated heterocycles. The number of fused-ring (bicyclic) bond motifs is 1. The van der Waals surface area contributed by atoms with Crippen LogP contribution in [0.3, 0.4) is 0 Å². The standard InChI is InChI=1S/C18H18N2O4/c1-20-10-4-6-13(18(20)23)17(22)19-9-8-14(21)16-11-12-5-2-3-7-15(12)24-16/h2-7,10-11,14,21H,8-9H2,1H3,(H,19,22)/t14-/m0/s1. The lowest BCUT2D eigenvalue weighted by molar-refractivity contribution is 0.0934. The van der Waals surface area contributed by atoms with Gasteiger partial charge in [-0.15, -0.1) is 0 Å². The normalized spacial score (nSPS) is 12.2. The molecule has 1 aromatic carbocycles. The first kappa shape index (κ1) is 16.0. The number of carbonyl (C=O) groups excluding carboxylic acids is 1. The van der Waals surface area contributed by atoms with Crippen molar-refractivity contribution in [1.29, 1.82) is 0 Å². The quantitative estimate of drug-likeness (QED) is 0.751. The fraction of sp³-hybridized carbons (Fsp3) is 0.222. The monoisotopic (exact) mass is 326 g/mol. The molecule has 0 unspecified atom stereocenters. The number of pyridine rings is 1. The van der Waals surface area contributed by atoms with Gasteiger partial charge in [0.25, 0.3) is 11.5 Å². The average molecular weight is 326 g/mol. The number of amides is 1. The Labute approximate surface area is 138 Å². The van der Waals surface area contributed by atoms with Gasteiger partial charge in [0.2, 0.25) is 0 Å². The predicted molar refractivity (Wildman–Crippen MR) is 89.8 cm³/mol. The van der Waals surface area contributed by atoms with E-state index in [1.54, 1.807) is 25.4 Å². The summed E-state index contributed by atoms with van der Waals surface area (Å²) < 4.78 is 6.94. The first-order valence-corrected chi connectivity index (χ1v) is 7.66. The molecule has 0 aliphatic carbocycles. The Hall–Kier alpha value is -2.86. The zero-order chi connectivity index (χ0) is 17.1. The van der Waals surface area contributed by atoms with Gasteiger partial charge in [0.1, 0.15) is 23.0 Å². The van der Waals surface area contributed by atoms with Gasteiger partial charge in [-0.1, -0.05) is 18.2 Å². The number of hydrogen-bond donors (Lipinski definition) is 2. The smallest absolute Gasteiger partial charge is 0.263 e. The van der Waals surface area contributed by atoms with E-state index in [0.717, 1.165) is 5.39 Å². The van der Waals surface area contributed by atoms with Gasteiger partial charge in [0, 0.05) is 25.2 Å². The molecule has 0 fully saturated rings. The summed E-state index contributed by atoms with van der Waals surface area (Å²) >= 11 is 0. The van der Waals surface area contributed by atoms with E-state index in [9.17, 15) is 14.7 Å². The topological polar surface area (TPSA) is 84.5 Å². The van der Waals surface area contributed by atoms with Crippen molar-refractivity contribution in [3.8, 4) is 0 Å². The van der Waals surface area contributed by atoms with E-state index in [-0.39, 0.29) is 17.7 Å². The first-order valence-electron chi connectivity index (χ1n) is 7.66. The largest absolute Gasteiger partial charge is 0.458 e. The summed E-state index contributed by atoms with van der Waals surface area (Å²) in [5, 5.41) is 13.8. The van der Waals surface area contributed by atoms with Gasteiger partial charge in [-0.3, -0.25) is 9.59 Å². The molecule has 3 aromatic rings. The van der Waals surface area contributed by atoms with Crippen LogP contribution < -0.4 is 10.9 Å². The van der Waals surface area contributed by atoms with Crippen molar-refractivity contribution in [3.63, 3.8) is 0 Å². The molecular formula is C18H18N2O4. The molecule has 0 aliphatic rings. The van der Waals surface area contributed by atoms with Crippen molar-refractivity contribution in [2.45, 2.75) is 12.5 Å². The van der Waals surface area contributed by atoms with E-state index in [4.69, 9.17) is 4.42 Å². The molecule has 0 saturated carbocycles. The summed E-state index contributed by atoms with van der Waals surface area (Å²) in [6, 6.07) is 12.4. The molecule has 2 aromatic heterocycles. The van der Waals surface area contributed by atoms with Gasteiger partial charge in [-0.05, 0) is 30.7 Å². The maximum atomic E-state index is 12.0. The van der Waals surface area contributed by atoms with Crippen LogP contribution in [-0.4, -0.2) is 22.1 Å². The van der Waals surface area contributed by atoms with Gasteiger partial charge >= 0.3 is 0 Å². The molecule has 1 amide bonds. The van der Waals surface area contributed by atoms with Gasteiger partial charge in [0.15, 0.2) is 0 Å². The molecular weight excluding hydrogens is 308 g/mol. The molecule has 0 radical (unpaired) electrons. The zero-order valence-electron chi connectivity index (χ0n) is 13.2. The molecule has 6 heteroatoms. The molecule has 0 spiro atoms. The molecule has 3 rings (SSSR count). The highest BCUT2D eigenvalue weighted by Crippen LogP contribution is 2.25. The molecule has 2 heterocycles. The van der Waals surface area contributed by atoms with E-state index in [1.807, 2.05) is 24.3 Å². The van der Waals surface area contributed by atoms with Gasteiger partial charge in [-0.2, -0.15) is 0 Å². The molecule has 0 bridgehead atoms. The summed E-state index contributed by atoms with van der Waals surface area (Å²) in [5.74, 6) is 0.00841. The Morgan fingerprint density at radius 3 is 2.88 bits per heavy atom. The molecule has 6 nitrogen and oxygen atoms in total. The van der Waals surface area contributed by atoms with Gasteiger partial charge in [-0.25, -0.2) is 0 Å². The van der Waals surface area contributed by atoms with Crippen LogP contribution in [0.25, 0.3) is 11.0 Å². The Bertz CT molecular complexity index is 893. The number of para-hydroxylation sites is 1. The summed E-state index contributed by atoms with van der Waals surface area (Å²) in [4.78, 5) is 23.9. The molecule has 2 N–H and O–H groups in total. The van der Waals surface area contributed by atoms with Crippen LogP contribution >= 0.6 is 0 Å². The summed E-state index contributed by atoms with van der Waals surface area (Å²) in [6.45, 7) is 0.231. The highest BCUT2D eigenvalue weighted by Gasteiger charge is 2.15. The van der Waals surface area contributed by atoms with Crippen molar-refractivity contribution in [1.82, 2.24) is 9.88 Å². The lowest BCUT2D eigenvalue weighted by Crippen LogP contribution is -2.32. The Balaban J connectivity index is 1.60.